The molecule has 0 atom stereocenters. The summed E-state index contributed by atoms with van der Waals surface area (Å²) in [5.41, 5.74) is 0.947. The number of carbonyl (C=O) groups is 1. The van der Waals surface area contributed by atoms with Crippen molar-refractivity contribution in [3.8, 4) is 11.3 Å². The van der Waals surface area contributed by atoms with Gasteiger partial charge in [0.25, 0.3) is 5.69 Å². The number of carbonyl (C=O) groups excluding carboxylic acids is 1. The first-order valence-corrected chi connectivity index (χ1v) is 6.82. The van der Waals surface area contributed by atoms with Crippen LogP contribution in [-0.2, 0) is 4.74 Å². The minimum absolute atomic E-state index is 0.0662. The Bertz CT molecular complexity index is 711. The molecule has 0 radical (unpaired) electrons. The van der Waals surface area contributed by atoms with E-state index in [1.807, 2.05) is 0 Å². The third-order valence-electron chi connectivity index (χ3n) is 2.76. The number of aryl methyl sites for hydroxylation is 1. The Labute approximate surface area is 128 Å². The number of nitro benzene ring substituents is 1. The standard InChI is InChI=1S/C13H11BrN2O5/c1-3-20-13(17)11-7(2)21-15-12(11)9-5-4-8(16(18)19)6-10(9)14/h4-6H,3H2,1-2H3. The SMILES string of the molecule is CCOC(=O)c1c(-c2ccc([N+](=O)[O-])cc2Br)noc1C. The minimum Gasteiger partial charge on any atom is -0.462 e. The van der Waals surface area contributed by atoms with E-state index in [9.17, 15) is 14.9 Å². The van der Waals surface area contributed by atoms with E-state index in [0.717, 1.165) is 0 Å². The summed E-state index contributed by atoms with van der Waals surface area (Å²) in [7, 11) is 0. The quantitative estimate of drug-likeness (QED) is 0.473. The van der Waals surface area contributed by atoms with Gasteiger partial charge >= 0.3 is 5.97 Å². The molecule has 7 nitrogen and oxygen atoms in total. The third kappa shape index (κ3) is 2.94. The van der Waals surface area contributed by atoms with Crippen LogP contribution in [0.15, 0.2) is 27.2 Å². The smallest absolute Gasteiger partial charge is 0.344 e. The number of aromatic nitrogens is 1. The Balaban J connectivity index is 2.53. The van der Waals surface area contributed by atoms with E-state index < -0.39 is 10.9 Å². The highest BCUT2D eigenvalue weighted by Crippen LogP contribution is 2.34. The minimum atomic E-state index is -0.545. The monoisotopic (exact) mass is 354 g/mol. The summed E-state index contributed by atoms with van der Waals surface area (Å²) in [6, 6.07) is 4.18. The summed E-state index contributed by atoms with van der Waals surface area (Å²) in [6.07, 6.45) is 0. The third-order valence-corrected chi connectivity index (χ3v) is 3.42. The Hall–Kier alpha value is -2.22. The van der Waals surface area contributed by atoms with Crippen LogP contribution in [0.2, 0.25) is 0 Å². The van der Waals surface area contributed by atoms with Gasteiger partial charge in [0.2, 0.25) is 0 Å². The van der Waals surface area contributed by atoms with Crippen LogP contribution in [-0.4, -0.2) is 22.7 Å². The number of halogens is 1. The molecule has 0 aliphatic heterocycles. The summed E-state index contributed by atoms with van der Waals surface area (Å²) in [5, 5.41) is 14.6. The second kappa shape index (κ2) is 6.04. The van der Waals surface area contributed by atoms with E-state index in [2.05, 4.69) is 21.1 Å². The van der Waals surface area contributed by atoms with Gasteiger partial charge in [0.05, 0.1) is 11.5 Å². The van der Waals surface area contributed by atoms with E-state index in [0.29, 0.717) is 15.8 Å². The summed E-state index contributed by atoms with van der Waals surface area (Å²) < 4.78 is 10.5. The Morgan fingerprint density at radius 1 is 1.52 bits per heavy atom. The predicted molar refractivity (Wildman–Crippen MR) is 77.0 cm³/mol. The Kier molecular flexibility index (Phi) is 4.37. The highest BCUT2D eigenvalue weighted by Gasteiger charge is 2.24. The molecule has 8 heteroatoms. The van der Waals surface area contributed by atoms with Gasteiger partial charge in [0, 0.05) is 22.2 Å². The normalized spacial score (nSPS) is 10.4. The van der Waals surface area contributed by atoms with Gasteiger partial charge in [-0.1, -0.05) is 5.16 Å². The van der Waals surface area contributed by atoms with Crippen molar-refractivity contribution in [3.63, 3.8) is 0 Å². The maximum Gasteiger partial charge on any atom is 0.344 e. The first kappa shape index (κ1) is 15.2. The lowest BCUT2D eigenvalue weighted by Crippen LogP contribution is -2.06. The number of benzene rings is 1. The Morgan fingerprint density at radius 3 is 2.81 bits per heavy atom. The number of hydrogen-bond acceptors (Lipinski definition) is 6. The summed E-state index contributed by atoms with van der Waals surface area (Å²) in [4.78, 5) is 22.2. The first-order valence-electron chi connectivity index (χ1n) is 6.03. The summed E-state index contributed by atoms with van der Waals surface area (Å²) >= 11 is 3.25. The number of ether oxygens (including phenoxy) is 1. The molecule has 0 aliphatic carbocycles. The second-order valence-electron chi connectivity index (χ2n) is 4.10. The van der Waals surface area contributed by atoms with Crippen LogP contribution in [0.1, 0.15) is 23.0 Å². The zero-order valence-electron chi connectivity index (χ0n) is 11.3. The molecule has 0 spiro atoms. The molecule has 2 rings (SSSR count). The molecule has 1 aromatic carbocycles. The van der Waals surface area contributed by atoms with Gasteiger partial charge < -0.3 is 9.26 Å². The topological polar surface area (TPSA) is 95.5 Å². The molecule has 0 fully saturated rings. The van der Waals surface area contributed by atoms with Crippen LogP contribution < -0.4 is 0 Å². The molecular weight excluding hydrogens is 344 g/mol. The Morgan fingerprint density at radius 2 is 2.24 bits per heavy atom. The summed E-state index contributed by atoms with van der Waals surface area (Å²) in [6.45, 7) is 3.52. The number of rotatable bonds is 4. The zero-order valence-corrected chi connectivity index (χ0v) is 12.8. The maximum absolute atomic E-state index is 12.0. The maximum atomic E-state index is 12.0. The number of non-ortho nitro benzene ring substituents is 1. The number of hydrogen-bond donors (Lipinski definition) is 0. The highest BCUT2D eigenvalue weighted by atomic mass is 79.9. The van der Waals surface area contributed by atoms with Gasteiger partial charge in [-0.05, 0) is 35.8 Å². The fourth-order valence-corrected chi connectivity index (χ4v) is 2.36. The van der Waals surface area contributed by atoms with E-state index in [1.54, 1.807) is 13.8 Å². The predicted octanol–water partition coefficient (Wildman–Crippen LogP) is 3.50. The van der Waals surface area contributed by atoms with Crippen molar-refractivity contribution in [2.45, 2.75) is 13.8 Å². The van der Waals surface area contributed by atoms with E-state index in [-0.39, 0.29) is 23.6 Å². The van der Waals surface area contributed by atoms with Crippen LogP contribution in [0.3, 0.4) is 0 Å². The number of nitro groups is 1. The van der Waals surface area contributed by atoms with Gasteiger partial charge in [-0.2, -0.15) is 0 Å². The van der Waals surface area contributed by atoms with E-state index in [1.165, 1.54) is 18.2 Å². The van der Waals surface area contributed by atoms with Crippen molar-refractivity contribution in [1.29, 1.82) is 0 Å². The molecule has 0 saturated heterocycles. The van der Waals surface area contributed by atoms with Crippen LogP contribution in [0, 0.1) is 17.0 Å². The van der Waals surface area contributed by atoms with Gasteiger partial charge in [-0.3, -0.25) is 10.1 Å². The molecule has 0 N–H and O–H groups in total. The first-order chi connectivity index (χ1) is 9.95. The average Bonchev–Trinajstić information content (AvgIpc) is 2.80. The molecule has 0 bridgehead atoms. The van der Waals surface area contributed by atoms with Crippen LogP contribution in [0.25, 0.3) is 11.3 Å². The molecule has 1 aromatic heterocycles. The highest BCUT2D eigenvalue weighted by molar-refractivity contribution is 9.10. The summed E-state index contributed by atoms with van der Waals surface area (Å²) in [5.74, 6) is -0.217. The molecule has 0 unspecified atom stereocenters. The number of nitrogens with zero attached hydrogens (tertiary/aromatic N) is 2. The van der Waals surface area contributed by atoms with Crippen molar-refractivity contribution in [2.75, 3.05) is 6.61 Å². The van der Waals surface area contributed by atoms with E-state index in [4.69, 9.17) is 9.26 Å². The fourth-order valence-electron chi connectivity index (χ4n) is 1.81. The van der Waals surface area contributed by atoms with Crippen LogP contribution >= 0.6 is 15.9 Å². The lowest BCUT2D eigenvalue weighted by atomic mass is 10.1. The molecule has 110 valence electrons. The molecular formula is C13H11BrN2O5. The molecule has 1 heterocycles. The van der Waals surface area contributed by atoms with Crippen LogP contribution in [0.4, 0.5) is 5.69 Å². The van der Waals surface area contributed by atoms with Crippen molar-refractivity contribution < 1.29 is 19.0 Å². The zero-order chi connectivity index (χ0) is 15.6. The van der Waals surface area contributed by atoms with Gasteiger partial charge in [-0.25, -0.2) is 4.79 Å². The van der Waals surface area contributed by atoms with Crippen molar-refractivity contribution >= 4 is 27.6 Å². The number of esters is 1. The molecule has 0 saturated carbocycles. The van der Waals surface area contributed by atoms with Crippen molar-refractivity contribution in [2.24, 2.45) is 0 Å². The molecule has 21 heavy (non-hydrogen) atoms. The van der Waals surface area contributed by atoms with Gasteiger partial charge in [-0.15, -0.1) is 0 Å². The molecule has 2 aromatic rings. The fraction of sp³-hybridized carbons (Fsp3) is 0.231. The van der Waals surface area contributed by atoms with Gasteiger partial charge in [0.15, 0.2) is 0 Å². The van der Waals surface area contributed by atoms with Crippen LogP contribution in [0.5, 0.6) is 0 Å². The lowest BCUT2D eigenvalue weighted by molar-refractivity contribution is -0.384. The molecule has 0 aliphatic rings. The van der Waals surface area contributed by atoms with Crippen molar-refractivity contribution in [1.82, 2.24) is 5.16 Å². The lowest BCUT2D eigenvalue weighted by Gasteiger charge is -2.04. The average molecular weight is 355 g/mol. The van der Waals surface area contributed by atoms with Gasteiger partial charge in [0.1, 0.15) is 17.0 Å². The molecule has 0 amide bonds. The van der Waals surface area contributed by atoms with Crippen molar-refractivity contribution in [3.05, 3.63) is 44.1 Å². The largest absolute Gasteiger partial charge is 0.462 e. The second-order valence-corrected chi connectivity index (χ2v) is 4.96. The van der Waals surface area contributed by atoms with E-state index >= 15 is 0 Å².